The first kappa shape index (κ1) is 30.5. The van der Waals surface area contributed by atoms with Gasteiger partial charge < -0.3 is 25.2 Å². The minimum absolute atomic E-state index is 0.00210. The lowest BCUT2D eigenvalue weighted by molar-refractivity contribution is -0.137. The number of halogens is 2. The molecular weight excluding hydrogens is 564 g/mol. The second-order valence-electron chi connectivity index (χ2n) is 11.0. The molecule has 2 atom stereocenters. The molecule has 2 aromatic rings. The van der Waals surface area contributed by atoms with Gasteiger partial charge in [-0.15, -0.1) is 0 Å². The molecule has 3 N–H and O–H groups in total. The number of hydrogen-bond acceptors (Lipinski definition) is 8. The second-order valence-corrected chi connectivity index (χ2v) is 11.0. The summed E-state index contributed by atoms with van der Waals surface area (Å²) in [6, 6.07) is 5.37. The third-order valence-corrected chi connectivity index (χ3v) is 8.48. The fourth-order valence-electron chi connectivity index (χ4n) is 6.38. The molecule has 1 unspecified atom stereocenters. The predicted octanol–water partition coefficient (Wildman–Crippen LogP) is 3.46. The zero-order valence-corrected chi connectivity index (χ0v) is 24.0. The van der Waals surface area contributed by atoms with Crippen molar-refractivity contribution in [3.63, 3.8) is 0 Å². The number of amides is 4. The van der Waals surface area contributed by atoms with Crippen molar-refractivity contribution in [3.8, 4) is 0 Å². The molecule has 1 aliphatic carbocycles. The number of methoxy groups -OCH3 is 2. The zero-order chi connectivity index (χ0) is 30.7. The molecule has 4 amide bonds. The maximum absolute atomic E-state index is 14.4. The molecule has 2 fully saturated rings. The summed E-state index contributed by atoms with van der Waals surface area (Å²) in [4.78, 5) is 47.5. The molecule has 230 valence electrons. The number of esters is 1. The molecule has 0 bridgehead atoms. The number of nitrogens with zero attached hydrogens (tertiary/aromatic N) is 3. The summed E-state index contributed by atoms with van der Waals surface area (Å²) < 4.78 is 38.3. The second kappa shape index (κ2) is 12.7. The first-order valence-electron chi connectivity index (χ1n) is 14.2. The van der Waals surface area contributed by atoms with Gasteiger partial charge in [0.1, 0.15) is 11.6 Å². The Kier molecular flexibility index (Phi) is 9.04. The minimum Gasteiger partial charge on any atom is -0.466 e. The van der Waals surface area contributed by atoms with E-state index in [1.165, 1.54) is 13.2 Å². The quantitative estimate of drug-likeness (QED) is 0.412. The molecule has 0 radical (unpaired) electrons. The average Bonchev–Trinajstić information content (AvgIpc) is 3.46. The van der Waals surface area contributed by atoms with Crippen LogP contribution in [0.5, 0.6) is 0 Å². The van der Waals surface area contributed by atoms with E-state index in [-0.39, 0.29) is 29.5 Å². The molecule has 13 heteroatoms. The number of carbonyl (C=O) groups is 3. The normalized spacial score (nSPS) is 26.3. The first-order valence-corrected chi connectivity index (χ1v) is 14.2. The largest absolute Gasteiger partial charge is 0.466 e. The van der Waals surface area contributed by atoms with Crippen LogP contribution in [0.1, 0.15) is 55.8 Å². The van der Waals surface area contributed by atoms with Gasteiger partial charge in [-0.05, 0) is 68.4 Å². The molecule has 5 rings (SSSR count). The van der Waals surface area contributed by atoms with E-state index in [0.29, 0.717) is 44.3 Å². The van der Waals surface area contributed by atoms with Crippen LogP contribution in [-0.2, 0) is 19.9 Å². The molecule has 11 nitrogen and oxygen atoms in total. The van der Waals surface area contributed by atoms with E-state index in [4.69, 9.17) is 9.47 Å². The fourth-order valence-corrected chi connectivity index (χ4v) is 6.38. The van der Waals surface area contributed by atoms with Crippen molar-refractivity contribution in [2.75, 3.05) is 27.4 Å². The molecule has 2 aliphatic heterocycles. The third-order valence-electron chi connectivity index (χ3n) is 8.48. The molecule has 3 aliphatic rings. The van der Waals surface area contributed by atoms with E-state index in [2.05, 4.69) is 20.5 Å². The van der Waals surface area contributed by atoms with Crippen LogP contribution in [0, 0.1) is 11.6 Å². The van der Waals surface area contributed by atoms with Gasteiger partial charge in [-0.2, -0.15) is 0 Å². The maximum Gasteiger partial charge on any atom is 0.338 e. The van der Waals surface area contributed by atoms with Crippen molar-refractivity contribution in [1.29, 1.82) is 0 Å². The lowest BCUT2D eigenvalue weighted by Gasteiger charge is -2.42. The number of imide groups is 1. The summed E-state index contributed by atoms with van der Waals surface area (Å²) >= 11 is 0. The molecular formula is C30H35F2N5O6. The van der Waals surface area contributed by atoms with Gasteiger partial charge in [0.05, 0.1) is 36.8 Å². The van der Waals surface area contributed by atoms with Gasteiger partial charge in [0.15, 0.2) is 11.6 Å². The van der Waals surface area contributed by atoms with Gasteiger partial charge in [0, 0.05) is 25.9 Å². The van der Waals surface area contributed by atoms with Crippen LogP contribution in [-0.4, -0.2) is 77.5 Å². The summed E-state index contributed by atoms with van der Waals surface area (Å²) in [6.45, 7) is 0.510. The van der Waals surface area contributed by atoms with E-state index in [1.54, 1.807) is 12.3 Å². The van der Waals surface area contributed by atoms with Crippen molar-refractivity contribution in [3.05, 3.63) is 76.8 Å². The highest BCUT2D eigenvalue weighted by Gasteiger charge is 2.45. The van der Waals surface area contributed by atoms with Crippen LogP contribution in [0.25, 0.3) is 0 Å². The summed E-state index contributed by atoms with van der Waals surface area (Å²) in [5.41, 5.74) is -0.475. The van der Waals surface area contributed by atoms with Gasteiger partial charge in [-0.3, -0.25) is 9.88 Å². The number of rotatable bonds is 7. The van der Waals surface area contributed by atoms with E-state index in [1.807, 2.05) is 12.1 Å². The highest BCUT2D eigenvalue weighted by atomic mass is 19.2. The van der Waals surface area contributed by atoms with Crippen LogP contribution < -0.4 is 10.6 Å². The van der Waals surface area contributed by atoms with Crippen LogP contribution in [0.3, 0.4) is 0 Å². The van der Waals surface area contributed by atoms with Crippen LogP contribution >= 0.6 is 0 Å². The van der Waals surface area contributed by atoms with Crippen molar-refractivity contribution in [2.45, 2.75) is 62.4 Å². The van der Waals surface area contributed by atoms with Crippen molar-refractivity contribution in [2.24, 2.45) is 0 Å². The third kappa shape index (κ3) is 6.10. The Morgan fingerprint density at radius 2 is 1.91 bits per heavy atom. The number of hydrogen-bond donors (Lipinski definition) is 3. The highest BCUT2D eigenvalue weighted by molar-refractivity contribution is 6.01. The topological polar surface area (TPSA) is 133 Å². The lowest BCUT2D eigenvalue weighted by atomic mass is 9.79. The summed E-state index contributed by atoms with van der Waals surface area (Å²) in [6.07, 6.45) is 5.02. The Balaban J connectivity index is 1.39. The van der Waals surface area contributed by atoms with Gasteiger partial charge in [-0.1, -0.05) is 12.1 Å². The van der Waals surface area contributed by atoms with E-state index in [9.17, 15) is 28.3 Å². The number of nitrogens with one attached hydrogen (secondary N) is 2. The van der Waals surface area contributed by atoms with Gasteiger partial charge in [-0.25, -0.2) is 28.1 Å². The summed E-state index contributed by atoms with van der Waals surface area (Å²) in [5, 5.41) is 16.7. The summed E-state index contributed by atoms with van der Waals surface area (Å²) in [5.74, 6) is -3.19. The number of pyridine rings is 1. The van der Waals surface area contributed by atoms with Gasteiger partial charge >= 0.3 is 18.0 Å². The Hall–Kier alpha value is -3.94. The number of aliphatic hydroxyl groups is 1. The van der Waals surface area contributed by atoms with E-state index < -0.39 is 47.5 Å². The Morgan fingerprint density at radius 3 is 2.56 bits per heavy atom. The molecule has 1 aromatic heterocycles. The minimum atomic E-state index is -1.42. The fraction of sp³-hybridized carbons (Fsp3) is 0.467. The van der Waals surface area contributed by atoms with Crippen LogP contribution in [0.2, 0.25) is 0 Å². The Morgan fingerprint density at radius 1 is 1.14 bits per heavy atom. The van der Waals surface area contributed by atoms with E-state index in [0.717, 1.165) is 30.6 Å². The smallest absolute Gasteiger partial charge is 0.338 e. The number of benzene rings is 1. The molecule has 0 spiro atoms. The SMILES string of the molecule is COCC1=C(C(=O)OC)[C@H](c2ccc(F)c(F)c2)N(C(=O)NC2CCCN2[C@H]2CC[C@@](O)(c3ccccn3)CC2)C(=O)N1. The lowest BCUT2D eigenvalue weighted by Crippen LogP contribution is -2.59. The zero-order valence-electron chi connectivity index (χ0n) is 24.0. The van der Waals surface area contributed by atoms with Crippen molar-refractivity contribution >= 4 is 18.0 Å². The molecule has 3 heterocycles. The predicted molar refractivity (Wildman–Crippen MR) is 149 cm³/mol. The number of aromatic nitrogens is 1. The number of urea groups is 2. The number of carbonyl (C=O) groups excluding carboxylic acids is 3. The first-order chi connectivity index (χ1) is 20.7. The van der Waals surface area contributed by atoms with Crippen molar-refractivity contribution in [1.82, 2.24) is 25.4 Å². The Bertz CT molecular complexity index is 1400. The van der Waals surface area contributed by atoms with Crippen molar-refractivity contribution < 1.29 is 37.7 Å². The highest BCUT2D eigenvalue weighted by Crippen LogP contribution is 2.40. The number of likely N-dealkylation sites (tertiary alicyclic amines) is 1. The van der Waals surface area contributed by atoms with E-state index >= 15 is 0 Å². The molecule has 1 aromatic carbocycles. The maximum atomic E-state index is 14.4. The molecule has 1 saturated carbocycles. The summed E-state index contributed by atoms with van der Waals surface area (Å²) in [7, 11) is 2.50. The monoisotopic (exact) mass is 599 g/mol. The molecule has 1 saturated heterocycles. The number of ether oxygens (including phenoxy) is 2. The van der Waals surface area contributed by atoms with Crippen LogP contribution in [0.4, 0.5) is 18.4 Å². The van der Waals surface area contributed by atoms with Crippen LogP contribution in [0.15, 0.2) is 53.9 Å². The Labute approximate surface area is 247 Å². The standard InChI is InChI=1S/C30H35F2N5O6/c1-42-17-22-25(27(38)43-2)26(18-8-9-20(31)21(32)16-18)37(28(39)34-22)29(40)35-24-7-5-15-36(24)19-10-12-30(41,13-11-19)23-6-3-4-14-33-23/h3-4,6,8-9,14,16,19,24,26,41H,5,7,10-13,15,17H2,1-2H3,(H,34,39)(H,35,40)/t19-,24?,26-,30-/m0/s1. The van der Waals surface area contributed by atoms with Gasteiger partial charge in [0.25, 0.3) is 0 Å². The molecule has 43 heavy (non-hydrogen) atoms. The van der Waals surface area contributed by atoms with Gasteiger partial charge in [0.2, 0.25) is 0 Å². The average molecular weight is 600 g/mol.